The number of benzene rings is 1. The number of hydrogen-bond acceptors (Lipinski definition) is 2. The van der Waals surface area contributed by atoms with E-state index in [2.05, 4.69) is 80.5 Å². The molecule has 1 aromatic carbocycles. The minimum absolute atomic E-state index is 0.685. The third kappa shape index (κ3) is 5.03. The van der Waals surface area contributed by atoms with Gasteiger partial charge >= 0.3 is 0 Å². The average molecular weight is 294 g/mol. The van der Waals surface area contributed by atoms with Crippen LogP contribution < -0.4 is 5.32 Å². The predicted octanol–water partition coefficient (Wildman–Crippen LogP) is 4.84. The Bertz CT molecular complexity index is 625. The molecule has 2 nitrogen and oxygen atoms in total. The van der Waals surface area contributed by atoms with Gasteiger partial charge in [0.05, 0.1) is 5.71 Å². The minimum Gasteiger partial charge on any atom is -0.370 e. The lowest BCUT2D eigenvalue weighted by Gasteiger charge is -2.13. The van der Waals surface area contributed by atoms with E-state index < -0.39 is 0 Å². The van der Waals surface area contributed by atoms with Crippen LogP contribution in [0, 0.1) is 13.8 Å². The zero-order valence-electron chi connectivity index (χ0n) is 14.1. The Morgan fingerprint density at radius 1 is 0.955 bits per heavy atom. The van der Waals surface area contributed by atoms with E-state index in [0.717, 1.165) is 5.71 Å². The maximum absolute atomic E-state index is 4.46. The molecule has 0 unspecified atom stereocenters. The van der Waals surface area contributed by atoms with Gasteiger partial charge in [-0.1, -0.05) is 41.0 Å². The number of aryl methyl sites for hydroxylation is 2. The summed E-state index contributed by atoms with van der Waals surface area (Å²) >= 11 is 0. The fourth-order valence-electron chi connectivity index (χ4n) is 2.59. The molecule has 3 rings (SSSR count). The van der Waals surface area contributed by atoms with Crippen LogP contribution >= 0.6 is 0 Å². The summed E-state index contributed by atoms with van der Waals surface area (Å²) in [5.41, 5.74) is 7.46. The number of rotatable bonds is 1. The maximum Gasteiger partial charge on any atom is 0.108 e. The van der Waals surface area contributed by atoms with Crippen LogP contribution in [0.25, 0.3) is 0 Å². The van der Waals surface area contributed by atoms with Crippen molar-refractivity contribution >= 4 is 5.71 Å². The van der Waals surface area contributed by atoms with Crippen LogP contribution in [0.15, 0.2) is 58.8 Å². The van der Waals surface area contributed by atoms with Gasteiger partial charge in [0.2, 0.25) is 0 Å². The van der Waals surface area contributed by atoms with Crippen LogP contribution in [-0.2, 0) is 0 Å². The number of aliphatic imine (C=N–C) groups is 1. The molecule has 0 saturated carbocycles. The monoisotopic (exact) mass is 294 g/mol. The van der Waals surface area contributed by atoms with Crippen molar-refractivity contribution in [3.8, 4) is 0 Å². The van der Waals surface area contributed by atoms with Crippen molar-refractivity contribution in [2.75, 3.05) is 6.67 Å². The molecule has 0 bridgehead atoms. The fourth-order valence-corrected chi connectivity index (χ4v) is 2.59. The lowest BCUT2D eigenvalue weighted by molar-refractivity contribution is 0.816. The summed E-state index contributed by atoms with van der Waals surface area (Å²) in [5, 5.41) is 3.18. The highest BCUT2D eigenvalue weighted by Crippen LogP contribution is 2.13. The van der Waals surface area contributed by atoms with Crippen LogP contribution in [-0.4, -0.2) is 12.4 Å². The molecular formula is C20H26N2. The molecule has 116 valence electrons. The molecule has 0 radical (unpaired) electrons. The summed E-state index contributed by atoms with van der Waals surface area (Å²) in [4.78, 5) is 4.46. The van der Waals surface area contributed by atoms with Gasteiger partial charge < -0.3 is 5.32 Å². The molecule has 0 spiro atoms. The van der Waals surface area contributed by atoms with E-state index in [1.165, 1.54) is 40.8 Å². The number of hydrogen-bond donors (Lipinski definition) is 1. The summed E-state index contributed by atoms with van der Waals surface area (Å²) in [6.45, 7) is 9.13. The second-order valence-corrected chi connectivity index (χ2v) is 6.01. The molecule has 1 N–H and O–H groups in total. The minimum atomic E-state index is 0.685. The second kappa shape index (κ2) is 7.79. The van der Waals surface area contributed by atoms with Crippen molar-refractivity contribution in [1.82, 2.24) is 5.32 Å². The van der Waals surface area contributed by atoms with Gasteiger partial charge in [0, 0.05) is 11.3 Å². The van der Waals surface area contributed by atoms with E-state index >= 15 is 0 Å². The highest BCUT2D eigenvalue weighted by Gasteiger charge is 2.06. The molecule has 0 aromatic heterocycles. The van der Waals surface area contributed by atoms with Crippen molar-refractivity contribution < 1.29 is 0 Å². The van der Waals surface area contributed by atoms with Crippen LogP contribution in [0.1, 0.15) is 43.4 Å². The molecule has 22 heavy (non-hydrogen) atoms. The Balaban J connectivity index is 0.000000211. The van der Waals surface area contributed by atoms with Gasteiger partial charge in [0.1, 0.15) is 6.67 Å². The molecule has 1 heterocycles. The summed E-state index contributed by atoms with van der Waals surface area (Å²) in [7, 11) is 0. The Labute approximate surface area is 134 Å². The molecular weight excluding hydrogens is 268 g/mol. The second-order valence-electron chi connectivity index (χ2n) is 6.01. The van der Waals surface area contributed by atoms with Crippen LogP contribution in [0.2, 0.25) is 0 Å². The lowest BCUT2D eigenvalue weighted by Crippen LogP contribution is -2.19. The van der Waals surface area contributed by atoms with Crippen LogP contribution in [0.3, 0.4) is 0 Å². The van der Waals surface area contributed by atoms with Crippen LogP contribution in [0.5, 0.6) is 0 Å². The SMILES string of the molecule is CC1=CC(c2cc(C)cc(C)c2)=NCN1.CC1=CCCC=C1. The molecule has 2 heteroatoms. The predicted molar refractivity (Wildman–Crippen MR) is 96.3 cm³/mol. The molecule has 1 aromatic rings. The number of allylic oxidation sites excluding steroid dienone is 6. The molecule has 0 saturated heterocycles. The third-order valence-corrected chi connectivity index (χ3v) is 3.66. The Hall–Kier alpha value is -2.09. The standard InChI is InChI=1S/C13H16N2.C7H10/c1-9-4-10(2)6-12(5-9)13-7-11(3)14-8-15-13;1-7-5-3-2-4-6-7/h4-7,14H,8H2,1-3H3;3,5-6H,2,4H2,1H3. The fraction of sp³-hybridized carbons (Fsp3) is 0.350. The molecule has 2 aliphatic rings. The molecule has 0 atom stereocenters. The van der Waals surface area contributed by atoms with Gasteiger partial charge in [-0.25, -0.2) is 0 Å². The molecule has 0 fully saturated rings. The molecule has 0 amide bonds. The normalized spacial score (nSPS) is 16.6. The first-order chi connectivity index (χ1) is 10.5. The zero-order chi connectivity index (χ0) is 15.9. The van der Waals surface area contributed by atoms with Gasteiger partial charge in [-0.15, -0.1) is 0 Å². The third-order valence-electron chi connectivity index (χ3n) is 3.66. The molecule has 1 aliphatic heterocycles. The molecule has 1 aliphatic carbocycles. The van der Waals surface area contributed by atoms with E-state index in [0.29, 0.717) is 6.67 Å². The number of nitrogens with one attached hydrogen (secondary N) is 1. The number of nitrogens with zero attached hydrogens (tertiary/aromatic N) is 1. The Kier molecular flexibility index (Phi) is 5.76. The van der Waals surface area contributed by atoms with Crippen LogP contribution in [0.4, 0.5) is 0 Å². The quantitative estimate of drug-likeness (QED) is 0.787. The van der Waals surface area contributed by atoms with Crippen molar-refractivity contribution in [3.05, 3.63) is 70.5 Å². The highest BCUT2D eigenvalue weighted by atomic mass is 15.0. The Morgan fingerprint density at radius 3 is 2.18 bits per heavy atom. The summed E-state index contributed by atoms with van der Waals surface area (Å²) in [6.07, 6.45) is 11.2. The average Bonchev–Trinajstić information content (AvgIpc) is 2.48. The van der Waals surface area contributed by atoms with Crippen molar-refractivity contribution in [1.29, 1.82) is 0 Å². The first kappa shape index (κ1) is 16.3. The maximum atomic E-state index is 4.46. The zero-order valence-corrected chi connectivity index (χ0v) is 14.1. The van der Waals surface area contributed by atoms with E-state index in [1.54, 1.807) is 0 Å². The summed E-state index contributed by atoms with van der Waals surface area (Å²) < 4.78 is 0. The van der Waals surface area contributed by atoms with Gasteiger partial charge in [-0.2, -0.15) is 0 Å². The van der Waals surface area contributed by atoms with Crippen molar-refractivity contribution in [2.24, 2.45) is 4.99 Å². The summed E-state index contributed by atoms with van der Waals surface area (Å²) in [5.74, 6) is 0. The van der Waals surface area contributed by atoms with Gasteiger partial charge in [0.15, 0.2) is 0 Å². The van der Waals surface area contributed by atoms with E-state index in [4.69, 9.17) is 0 Å². The van der Waals surface area contributed by atoms with Gasteiger partial charge in [0.25, 0.3) is 0 Å². The van der Waals surface area contributed by atoms with E-state index in [1.807, 2.05) is 0 Å². The van der Waals surface area contributed by atoms with Gasteiger partial charge in [-0.05, 0) is 58.7 Å². The highest BCUT2D eigenvalue weighted by molar-refractivity contribution is 6.09. The van der Waals surface area contributed by atoms with Gasteiger partial charge in [-0.3, -0.25) is 4.99 Å². The van der Waals surface area contributed by atoms with E-state index in [-0.39, 0.29) is 0 Å². The Morgan fingerprint density at radius 2 is 1.68 bits per heavy atom. The van der Waals surface area contributed by atoms with Crippen molar-refractivity contribution in [3.63, 3.8) is 0 Å². The summed E-state index contributed by atoms with van der Waals surface area (Å²) in [6, 6.07) is 6.55. The van der Waals surface area contributed by atoms with Crippen molar-refractivity contribution in [2.45, 2.75) is 40.5 Å². The lowest BCUT2D eigenvalue weighted by atomic mass is 10.0. The van der Waals surface area contributed by atoms with E-state index in [9.17, 15) is 0 Å². The topological polar surface area (TPSA) is 24.4 Å². The first-order valence-corrected chi connectivity index (χ1v) is 7.93. The largest absolute Gasteiger partial charge is 0.370 e. The smallest absolute Gasteiger partial charge is 0.108 e. The first-order valence-electron chi connectivity index (χ1n) is 7.93.